The average Bonchev–Trinajstić information content (AvgIpc) is 3.08. The standard InChI is InChI=1S/C16H17NOS/c18-15(10-13-6-9-19-11-13)17-12-16(7-8-16)14-4-2-1-3-5-14/h1-6,9,11H,7-8,10,12H2,(H,17,18). The van der Waals surface area contributed by atoms with Crippen LogP contribution in [0.1, 0.15) is 24.0 Å². The number of rotatable bonds is 5. The van der Waals surface area contributed by atoms with E-state index in [2.05, 4.69) is 29.6 Å². The van der Waals surface area contributed by atoms with Gasteiger partial charge in [0, 0.05) is 12.0 Å². The van der Waals surface area contributed by atoms with Crippen molar-refractivity contribution in [2.24, 2.45) is 0 Å². The Balaban J connectivity index is 1.56. The molecule has 0 atom stereocenters. The summed E-state index contributed by atoms with van der Waals surface area (Å²) in [6.07, 6.45) is 2.85. The third-order valence-electron chi connectivity index (χ3n) is 3.81. The molecule has 1 aromatic heterocycles. The van der Waals surface area contributed by atoms with Gasteiger partial charge < -0.3 is 5.32 Å². The van der Waals surface area contributed by atoms with E-state index in [9.17, 15) is 4.79 Å². The van der Waals surface area contributed by atoms with Gasteiger partial charge in [0.1, 0.15) is 0 Å². The first kappa shape index (κ1) is 12.4. The zero-order chi connectivity index (χ0) is 13.1. The Morgan fingerprint density at radius 3 is 2.63 bits per heavy atom. The molecule has 19 heavy (non-hydrogen) atoms. The predicted octanol–water partition coefficient (Wildman–Crippen LogP) is 3.14. The van der Waals surface area contributed by atoms with Crippen LogP contribution < -0.4 is 5.32 Å². The van der Waals surface area contributed by atoms with Crippen LogP contribution in [0.15, 0.2) is 47.2 Å². The second-order valence-electron chi connectivity index (χ2n) is 5.23. The first-order valence-corrected chi connectivity index (χ1v) is 7.56. The molecule has 0 bridgehead atoms. The Morgan fingerprint density at radius 1 is 1.21 bits per heavy atom. The molecule has 1 heterocycles. The second-order valence-corrected chi connectivity index (χ2v) is 6.01. The molecule has 1 aliphatic rings. The SMILES string of the molecule is O=C(Cc1ccsc1)NCC1(c2ccccc2)CC1. The average molecular weight is 271 g/mol. The van der Waals surface area contributed by atoms with Gasteiger partial charge in [0.25, 0.3) is 0 Å². The van der Waals surface area contributed by atoms with E-state index in [0.29, 0.717) is 6.42 Å². The zero-order valence-corrected chi connectivity index (χ0v) is 11.6. The normalized spacial score (nSPS) is 16.0. The monoisotopic (exact) mass is 271 g/mol. The van der Waals surface area contributed by atoms with Crippen molar-refractivity contribution in [1.29, 1.82) is 0 Å². The van der Waals surface area contributed by atoms with Crippen LogP contribution in [0.25, 0.3) is 0 Å². The molecule has 0 aliphatic heterocycles. The molecular weight excluding hydrogens is 254 g/mol. The summed E-state index contributed by atoms with van der Waals surface area (Å²) in [5.74, 6) is 0.126. The van der Waals surface area contributed by atoms with Crippen LogP contribution in [0.2, 0.25) is 0 Å². The van der Waals surface area contributed by atoms with Crippen molar-refractivity contribution >= 4 is 17.2 Å². The lowest BCUT2D eigenvalue weighted by atomic mass is 9.96. The van der Waals surface area contributed by atoms with Crippen LogP contribution in [-0.2, 0) is 16.6 Å². The molecule has 3 rings (SSSR count). The van der Waals surface area contributed by atoms with Gasteiger partial charge in [0.15, 0.2) is 0 Å². The fourth-order valence-electron chi connectivity index (χ4n) is 2.42. The van der Waals surface area contributed by atoms with Gasteiger partial charge in [-0.15, -0.1) is 0 Å². The number of thiophene rings is 1. The lowest BCUT2D eigenvalue weighted by molar-refractivity contribution is -0.120. The number of hydrogen-bond donors (Lipinski definition) is 1. The molecule has 2 aromatic rings. The summed E-state index contributed by atoms with van der Waals surface area (Å²) in [6.45, 7) is 0.764. The fourth-order valence-corrected chi connectivity index (χ4v) is 3.09. The van der Waals surface area contributed by atoms with Gasteiger partial charge >= 0.3 is 0 Å². The van der Waals surface area contributed by atoms with Crippen LogP contribution >= 0.6 is 11.3 Å². The minimum atomic E-state index is 0.126. The molecule has 1 amide bonds. The first-order chi connectivity index (χ1) is 9.28. The molecular formula is C16H17NOS. The Kier molecular flexibility index (Phi) is 3.38. The summed E-state index contributed by atoms with van der Waals surface area (Å²) in [4.78, 5) is 11.9. The first-order valence-electron chi connectivity index (χ1n) is 6.62. The van der Waals surface area contributed by atoms with Gasteiger partial charge in [-0.05, 0) is 40.8 Å². The molecule has 1 saturated carbocycles. The van der Waals surface area contributed by atoms with E-state index < -0.39 is 0 Å². The number of carbonyl (C=O) groups excluding carboxylic acids is 1. The van der Waals surface area contributed by atoms with E-state index in [1.807, 2.05) is 22.9 Å². The maximum absolute atomic E-state index is 11.9. The number of nitrogens with one attached hydrogen (secondary N) is 1. The molecule has 1 N–H and O–H groups in total. The summed E-state index contributed by atoms with van der Waals surface area (Å²) >= 11 is 1.63. The third-order valence-corrected chi connectivity index (χ3v) is 4.54. The van der Waals surface area contributed by atoms with Gasteiger partial charge in [-0.1, -0.05) is 30.3 Å². The topological polar surface area (TPSA) is 29.1 Å². The Hall–Kier alpha value is -1.61. The highest BCUT2D eigenvalue weighted by atomic mass is 32.1. The lowest BCUT2D eigenvalue weighted by Gasteiger charge is -2.16. The highest BCUT2D eigenvalue weighted by Crippen LogP contribution is 2.47. The van der Waals surface area contributed by atoms with Crippen molar-refractivity contribution in [2.45, 2.75) is 24.7 Å². The van der Waals surface area contributed by atoms with E-state index in [4.69, 9.17) is 0 Å². The number of carbonyl (C=O) groups is 1. The summed E-state index contributed by atoms with van der Waals surface area (Å²) in [6, 6.07) is 12.5. The van der Waals surface area contributed by atoms with Crippen molar-refractivity contribution in [3.8, 4) is 0 Å². The van der Waals surface area contributed by atoms with Crippen LogP contribution in [0.4, 0.5) is 0 Å². The predicted molar refractivity (Wildman–Crippen MR) is 78.4 cm³/mol. The summed E-state index contributed by atoms with van der Waals surface area (Å²) < 4.78 is 0. The van der Waals surface area contributed by atoms with E-state index in [1.165, 1.54) is 18.4 Å². The van der Waals surface area contributed by atoms with Crippen molar-refractivity contribution < 1.29 is 4.79 Å². The maximum atomic E-state index is 11.9. The Bertz CT molecular complexity index is 543. The summed E-state index contributed by atoms with van der Waals surface area (Å²) in [7, 11) is 0. The van der Waals surface area contributed by atoms with E-state index >= 15 is 0 Å². The number of hydrogen-bond acceptors (Lipinski definition) is 2. The number of benzene rings is 1. The highest BCUT2D eigenvalue weighted by molar-refractivity contribution is 7.07. The molecule has 0 saturated heterocycles. The van der Waals surface area contributed by atoms with Crippen molar-refractivity contribution in [3.63, 3.8) is 0 Å². The van der Waals surface area contributed by atoms with Gasteiger partial charge in [0.05, 0.1) is 6.42 Å². The summed E-state index contributed by atoms with van der Waals surface area (Å²) in [5, 5.41) is 7.13. The molecule has 3 heteroatoms. The van der Waals surface area contributed by atoms with E-state index in [0.717, 1.165) is 12.1 Å². The fraction of sp³-hybridized carbons (Fsp3) is 0.312. The quantitative estimate of drug-likeness (QED) is 0.889. The lowest BCUT2D eigenvalue weighted by Crippen LogP contribution is -2.33. The Morgan fingerprint density at radius 2 is 2.00 bits per heavy atom. The molecule has 1 aromatic carbocycles. The van der Waals surface area contributed by atoms with Crippen molar-refractivity contribution in [2.75, 3.05) is 6.54 Å². The molecule has 1 aliphatic carbocycles. The second kappa shape index (κ2) is 5.17. The van der Waals surface area contributed by atoms with Gasteiger partial charge in [0.2, 0.25) is 5.91 Å². The number of amides is 1. The Labute approximate surface area is 117 Å². The van der Waals surface area contributed by atoms with E-state index in [-0.39, 0.29) is 11.3 Å². The van der Waals surface area contributed by atoms with Crippen molar-refractivity contribution in [3.05, 3.63) is 58.3 Å². The van der Waals surface area contributed by atoms with Crippen LogP contribution in [0.3, 0.4) is 0 Å². The van der Waals surface area contributed by atoms with Gasteiger partial charge in [-0.3, -0.25) is 4.79 Å². The van der Waals surface area contributed by atoms with Crippen LogP contribution in [-0.4, -0.2) is 12.5 Å². The highest BCUT2D eigenvalue weighted by Gasteiger charge is 2.44. The largest absolute Gasteiger partial charge is 0.355 e. The van der Waals surface area contributed by atoms with Crippen LogP contribution in [0, 0.1) is 0 Å². The van der Waals surface area contributed by atoms with Crippen molar-refractivity contribution in [1.82, 2.24) is 5.32 Å². The third kappa shape index (κ3) is 2.87. The minimum Gasteiger partial charge on any atom is -0.355 e. The summed E-state index contributed by atoms with van der Waals surface area (Å²) in [5.41, 5.74) is 2.66. The smallest absolute Gasteiger partial charge is 0.224 e. The molecule has 98 valence electrons. The zero-order valence-electron chi connectivity index (χ0n) is 10.8. The molecule has 0 spiro atoms. The molecule has 1 fully saturated rings. The van der Waals surface area contributed by atoms with Gasteiger partial charge in [-0.25, -0.2) is 0 Å². The minimum absolute atomic E-state index is 0.126. The molecule has 0 radical (unpaired) electrons. The molecule has 2 nitrogen and oxygen atoms in total. The van der Waals surface area contributed by atoms with Gasteiger partial charge in [-0.2, -0.15) is 11.3 Å². The van der Waals surface area contributed by atoms with E-state index in [1.54, 1.807) is 11.3 Å². The molecule has 0 unspecified atom stereocenters. The van der Waals surface area contributed by atoms with Crippen LogP contribution in [0.5, 0.6) is 0 Å². The maximum Gasteiger partial charge on any atom is 0.224 e.